The predicted octanol–water partition coefficient (Wildman–Crippen LogP) is 1.85. The number of hydrogen-bond acceptors (Lipinski definition) is 4. The topological polar surface area (TPSA) is 58.6 Å². The molecule has 124 valence electrons. The largest absolute Gasteiger partial charge is 0.377 e. The number of likely N-dealkylation sites (tertiary alicyclic amines) is 1. The molecule has 0 amide bonds. The Morgan fingerprint density at radius 3 is 2.73 bits per heavy atom. The minimum atomic E-state index is -3.43. The molecule has 1 atom stereocenters. The molecule has 0 spiro atoms. The molecule has 0 aromatic heterocycles. The zero-order chi connectivity index (χ0) is 16.0. The minimum absolute atomic E-state index is 0.0296. The molecular formula is C16H26N2O3S. The summed E-state index contributed by atoms with van der Waals surface area (Å²) in [4.78, 5) is 2.60. The molecule has 6 heteroatoms. The second-order valence-electron chi connectivity index (χ2n) is 5.99. The van der Waals surface area contributed by atoms with Crippen LogP contribution in [-0.2, 0) is 14.8 Å². The minimum Gasteiger partial charge on any atom is -0.377 e. The fourth-order valence-corrected chi connectivity index (χ4v) is 3.94. The number of nitrogens with one attached hydrogen (secondary N) is 1. The molecule has 1 aliphatic heterocycles. The Balaban J connectivity index is 1.87. The van der Waals surface area contributed by atoms with Crippen LogP contribution in [0.15, 0.2) is 35.2 Å². The summed E-state index contributed by atoms with van der Waals surface area (Å²) in [6.07, 6.45) is 2.12. The van der Waals surface area contributed by atoms with E-state index in [1.54, 1.807) is 24.3 Å². The van der Waals surface area contributed by atoms with Gasteiger partial charge in [0.2, 0.25) is 10.0 Å². The van der Waals surface area contributed by atoms with Gasteiger partial charge in [0.25, 0.3) is 0 Å². The summed E-state index contributed by atoms with van der Waals surface area (Å²) in [6.45, 7) is 7.33. The fraction of sp³-hybridized carbons (Fsp3) is 0.625. The number of benzene rings is 1. The van der Waals surface area contributed by atoms with Gasteiger partial charge in [-0.1, -0.05) is 18.2 Å². The molecule has 0 saturated carbocycles. The van der Waals surface area contributed by atoms with Crippen LogP contribution in [0.25, 0.3) is 0 Å². The van der Waals surface area contributed by atoms with Crippen LogP contribution in [0.5, 0.6) is 0 Å². The summed E-state index contributed by atoms with van der Waals surface area (Å²) in [6, 6.07) is 8.52. The van der Waals surface area contributed by atoms with Crippen molar-refractivity contribution in [2.75, 3.05) is 26.2 Å². The summed E-state index contributed by atoms with van der Waals surface area (Å²) >= 11 is 0. The van der Waals surface area contributed by atoms with Crippen molar-refractivity contribution >= 4 is 10.0 Å². The lowest BCUT2D eigenvalue weighted by molar-refractivity contribution is 0.0526. The molecule has 0 bridgehead atoms. The average molecular weight is 326 g/mol. The Kier molecular flexibility index (Phi) is 6.37. The van der Waals surface area contributed by atoms with E-state index < -0.39 is 10.0 Å². The van der Waals surface area contributed by atoms with Gasteiger partial charge in [-0.05, 0) is 45.4 Å². The number of hydrogen-bond donors (Lipinski definition) is 1. The molecule has 1 N–H and O–H groups in total. The first-order valence-electron chi connectivity index (χ1n) is 7.89. The molecule has 1 aromatic carbocycles. The maximum Gasteiger partial charge on any atom is 0.240 e. The van der Waals surface area contributed by atoms with Gasteiger partial charge in [-0.25, -0.2) is 13.1 Å². The normalized spacial score (nSPS) is 20.4. The number of ether oxygens (including phenoxy) is 1. The summed E-state index contributed by atoms with van der Waals surface area (Å²) in [7, 11) is -3.43. The van der Waals surface area contributed by atoms with Gasteiger partial charge in [0.1, 0.15) is 0 Å². The molecule has 2 rings (SSSR count). The average Bonchev–Trinajstić information content (AvgIpc) is 2.48. The van der Waals surface area contributed by atoms with Gasteiger partial charge >= 0.3 is 0 Å². The van der Waals surface area contributed by atoms with E-state index in [0.29, 0.717) is 11.5 Å². The second-order valence-corrected chi connectivity index (χ2v) is 7.71. The van der Waals surface area contributed by atoms with Crippen LogP contribution >= 0.6 is 0 Å². The SMILES string of the molecule is CC(C)OCCN1CCC[C@H](NS(=O)(=O)c2ccccc2)C1. The van der Waals surface area contributed by atoms with Crippen molar-refractivity contribution in [2.24, 2.45) is 0 Å². The standard InChI is InChI=1S/C16H26N2O3S/c1-14(2)21-12-11-18-10-6-7-15(13-18)17-22(19,20)16-8-4-3-5-9-16/h3-5,8-9,14-15,17H,6-7,10-13H2,1-2H3/t15-/m0/s1. The van der Waals surface area contributed by atoms with Crippen LogP contribution < -0.4 is 4.72 Å². The first-order valence-corrected chi connectivity index (χ1v) is 9.37. The van der Waals surface area contributed by atoms with Crippen molar-refractivity contribution in [3.05, 3.63) is 30.3 Å². The molecule has 1 saturated heterocycles. The van der Waals surface area contributed by atoms with Crippen LogP contribution in [0.3, 0.4) is 0 Å². The Morgan fingerprint density at radius 2 is 2.05 bits per heavy atom. The Bertz CT molecular complexity index is 546. The van der Waals surface area contributed by atoms with Gasteiger partial charge in [0.05, 0.1) is 17.6 Å². The van der Waals surface area contributed by atoms with Crippen molar-refractivity contribution in [1.29, 1.82) is 0 Å². The number of rotatable bonds is 7. The number of piperidine rings is 1. The van der Waals surface area contributed by atoms with Crippen molar-refractivity contribution in [2.45, 2.75) is 43.7 Å². The van der Waals surface area contributed by atoms with Crippen LogP contribution in [0.2, 0.25) is 0 Å². The van der Waals surface area contributed by atoms with Crippen molar-refractivity contribution in [3.8, 4) is 0 Å². The molecule has 0 aliphatic carbocycles. The summed E-state index contributed by atoms with van der Waals surface area (Å²) in [5, 5.41) is 0. The fourth-order valence-electron chi connectivity index (χ4n) is 2.66. The van der Waals surface area contributed by atoms with E-state index in [4.69, 9.17) is 4.74 Å². The molecular weight excluding hydrogens is 300 g/mol. The van der Waals surface area contributed by atoms with E-state index >= 15 is 0 Å². The van der Waals surface area contributed by atoms with Crippen LogP contribution in [0, 0.1) is 0 Å². The lowest BCUT2D eigenvalue weighted by Gasteiger charge is -2.33. The third-order valence-corrected chi connectivity index (χ3v) is 5.28. The molecule has 22 heavy (non-hydrogen) atoms. The van der Waals surface area contributed by atoms with Crippen LogP contribution in [0.4, 0.5) is 0 Å². The zero-order valence-corrected chi connectivity index (χ0v) is 14.2. The highest BCUT2D eigenvalue weighted by atomic mass is 32.2. The van der Waals surface area contributed by atoms with Crippen LogP contribution in [0.1, 0.15) is 26.7 Å². The van der Waals surface area contributed by atoms with E-state index in [2.05, 4.69) is 9.62 Å². The Hall–Kier alpha value is -0.950. The third kappa shape index (κ3) is 5.35. The van der Waals surface area contributed by atoms with E-state index in [1.807, 2.05) is 19.9 Å². The van der Waals surface area contributed by atoms with Crippen molar-refractivity contribution < 1.29 is 13.2 Å². The van der Waals surface area contributed by atoms with Gasteiger partial charge in [-0.3, -0.25) is 4.90 Å². The summed E-state index contributed by atoms with van der Waals surface area (Å²) in [5.74, 6) is 0. The van der Waals surface area contributed by atoms with E-state index in [-0.39, 0.29) is 12.1 Å². The smallest absolute Gasteiger partial charge is 0.240 e. The van der Waals surface area contributed by atoms with E-state index in [1.165, 1.54) is 0 Å². The van der Waals surface area contributed by atoms with E-state index in [9.17, 15) is 8.42 Å². The van der Waals surface area contributed by atoms with Gasteiger partial charge in [-0.15, -0.1) is 0 Å². The molecule has 1 fully saturated rings. The lowest BCUT2D eigenvalue weighted by Crippen LogP contribution is -2.48. The molecule has 0 radical (unpaired) electrons. The Labute approximate surface area is 133 Å². The highest BCUT2D eigenvalue weighted by Crippen LogP contribution is 2.14. The predicted molar refractivity (Wildman–Crippen MR) is 87.3 cm³/mol. The van der Waals surface area contributed by atoms with Gasteiger partial charge < -0.3 is 4.74 Å². The zero-order valence-electron chi connectivity index (χ0n) is 13.4. The highest BCUT2D eigenvalue weighted by molar-refractivity contribution is 7.89. The molecule has 1 aliphatic rings. The lowest BCUT2D eigenvalue weighted by atomic mass is 10.1. The number of nitrogens with zero attached hydrogens (tertiary/aromatic N) is 1. The summed E-state index contributed by atoms with van der Waals surface area (Å²) < 4.78 is 33.1. The maximum atomic E-state index is 12.4. The third-order valence-electron chi connectivity index (χ3n) is 3.74. The summed E-state index contributed by atoms with van der Waals surface area (Å²) in [5.41, 5.74) is 0. The van der Waals surface area contributed by atoms with Crippen LogP contribution in [-0.4, -0.2) is 51.7 Å². The maximum absolute atomic E-state index is 12.4. The van der Waals surface area contributed by atoms with E-state index in [0.717, 1.165) is 32.5 Å². The van der Waals surface area contributed by atoms with Gasteiger partial charge in [0.15, 0.2) is 0 Å². The number of sulfonamides is 1. The van der Waals surface area contributed by atoms with Gasteiger partial charge in [0, 0.05) is 19.1 Å². The Morgan fingerprint density at radius 1 is 1.32 bits per heavy atom. The first kappa shape index (κ1) is 17.4. The van der Waals surface area contributed by atoms with Crippen molar-refractivity contribution in [1.82, 2.24) is 9.62 Å². The molecule has 1 aromatic rings. The first-order chi connectivity index (χ1) is 10.5. The second kappa shape index (κ2) is 8.06. The molecule has 5 nitrogen and oxygen atoms in total. The quantitative estimate of drug-likeness (QED) is 0.831. The van der Waals surface area contributed by atoms with Gasteiger partial charge in [-0.2, -0.15) is 0 Å². The molecule has 1 heterocycles. The monoisotopic (exact) mass is 326 g/mol. The van der Waals surface area contributed by atoms with Crippen molar-refractivity contribution in [3.63, 3.8) is 0 Å². The highest BCUT2D eigenvalue weighted by Gasteiger charge is 2.24. The molecule has 0 unspecified atom stereocenters.